The van der Waals surface area contributed by atoms with Crippen LogP contribution in [0, 0.1) is 0 Å². The molecule has 0 aliphatic rings. The summed E-state index contributed by atoms with van der Waals surface area (Å²) in [6.45, 7) is 9.36. The average Bonchev–Trinajstić information content (AvgIpc) is 2.84. The molecule has 0 saturated carbocycles. The fourth-order valence-corrected chi connectivity index (χ4v) is 4.68. The number of carbonyl (C=O) groups excluding carboxylic acids is 1. The summed E-state index contributed by atoms with van der Waals surface area (Å²) in [6.07, 6.45) is 18.7. The molecule has 1 unspecified atom stereocenters. The Labute approximate surface area is 222 Å². The van der Waals surface area contributed by atoms with Crippen molar-refractivity contribution in [2.24, 2.45) is 0 Å². The Bertz CT molecular complexity index is 608. The van der Waals surface area contributed by atoms with Gasteiger partial charge in [0.2, 0.25) is 0 Å². The van der Waals surface area contributed by atoms with Gasteiger partial charge in [-0.1, -0.05) is 89.7 Å². The van der Waals surface area contributed by atoms with E-state index in [0.717, 1.165) is 31.6 Å². The summed E-state index contributed by atoms with van der Waals surface area (Å²) in [5, 5.41) is 0. The van der Waals surface area contributed by atoms with Crippen molar-refractivity contribution in [3.8, 4) is 5.75 Å². The number of rotatable bonds is 22. The number of hydrogen-bond donors (Lipinski definition) is 0. The van der Waals surface area contributed by atoms with Crippen molar-refractivity contribution in [3.05, 3.63) is 29.8 Å². The molecule has 1 aromatic carbocycles. The molecule has 4 nitrogen and oxygen atoms in total. The van der Waals surface area contributed by atoms with Crippen molar-refractivity contribution < 1.29 is 14.3 Å². The van der Waals surface area contributed by atoms with E-state index in [4.69, 9.17) is 9.47 Å². The molecule has 1 aromatic rings. The van der Waals surface area contributed by atoms with Gasteiger partial charge in [-0.05, 0) is 63.9 Å². The summed E-state index contributed by atoms with van der Waals surface area (Å²) in [6, 6.07) is 9.09. The van der Waals surface area contributed by atoms with E-state index < -0.39 is 0 Å². The van der Waals surface area contributed by atoms with Crippen molar-refractivity contribution in [3.63, 3.8) is 0 Å². The zero-order chi connectivity index (χ0) is 24.9. The molecule has 0 fully saturated rings. The van der Waals surface area contributed by atoms with Crippen LogP contribution in [-0.2, 0) is 16.0 Å². The molecular weight excluding hydrogens is 458 g/mol. The van der Waals surface area contributed by atoms with E-state index in [2.05, 4.69) is 43.0 Å². The van der Waals surface area contributed by atoms with Crippen molar-refractivity contribution in [2.45, 2.75) is 123 Å². The molecule has 0 heterocycles. The van der Waals surface area contributed by atoms with Crippen molar-refractivity contribution in [2.75, 3.05) is 26.8 Å². The Balaban J connectivity index is 0.0000116. The van der Waals surface area contributed by atoms with Crippen LogP contribution in [0.2, 0.25) is 0 Å². The van der Waals surface area contributed by atoms with E-state index in [-0.39, 0.29) is 18.4 Å². The molecule has 204 valence electrons. The molecule has 5 heteroatoms. The van der Waals surface area contributed by atoms with Crippen LogP contribution in [0.5, 0.6) is 5.75 Å². The van der Waals surface area contributed by atoms with Crippen LogP contribution in [0.3, 0.4) is 0 Å². The van der Waals surface area contributed by atoms with E-state index in [1.54, 1.807) is 7.11 Å². The van der Waals surface area contributed by atoms with Gasteiger partial charge in [-0.3, -0.25) is 4.79 Å². The second kappa shape index (κ2) is 23.2. The highest BCUT2D eigenvalue weighted by Crippen LogP contribution is 2.16. The highest BCUT2D eigenvalue weighted by molar-refractivity contribution is 5.85. The fraction of sp³-hybridized carbons (Fsp3) is 0.767. The third kappa shape index (κ3) is 17.8. The lowest BCUT2D eigenvalue weighted by atomic mass is 10.0. The largest absolute Gasteiger partial charge is 0.497 e. The minimum absolute atomic E-state index is 0. The zero-order valence-corrected chi connectivity index (χ0v) is 24.0. The van der Waals surface area contributed by atoms with Gasteiger partial charge in [-0.15, -0.1) is 12.4 Å². The topological polar surface area (TPSA) is 38.8 Å². The number of ether oxygens (including phenoxy) is 2. The van der Waals surface area contributed by atoms with Gasteiger partial charge in [0.05, 0.1) is 13.7 Å². The van der Waals surface area contributed by atoms with Crippen molar-refractivity contribution >= 4 is 18.4 Å². The number of benzene rings is 1. The van der Waals surface area contributed by atoms with E-state index in [1.165, 1.54) is 82.7 Å². The second-order valence-corrected chi connectivity index (χ2v) is 9.68. The summed E-state index contributed by atoms with van der Waals surface area (Å²) in [7, 11) is 1.72. The van der Waals surface area contributed by atoms with E-state index >= 15 is 0 Å². The quantitative estimate of drug-likeness (QED) is 0.116. The number of hydrogen-bond acceptors (Lipinski definition) is 4. The molecule has 0 aliphatic heterocycles. The average molecular weight is 512 g/mol. The number of halogens is 1. The number of unbranched alkanes of at least 4 members (excludes halogenated alkanes) is 12. The summed E-state index contributed by atoms with van der Waals surface area (Å²) < 4.78 is 10.2. The molecular formula is C30H54ClNO3. The highest BCUT2D eigenvalue weighted by Gasteiger charge is 2.12. The summed E-state index contributed by atoms with van der Waals surface area (Å²) in [4.78, 5) is 13.9. The molecule has 35 heavy (non-hydrogen) atoms. The Morgan fingerprint density at radius 2 is 1.29 bits per heavy atom. The Hall–Kier alpha value is -1.26. The van der Waals surface area contributed by atoms with Gasteiger partial charge in [-0.2, -0.15) is 0 Å². The molecule has 0 aromatic heterocycles. The smallest absolute Gasteiger partial charge is 0.305 e. The van der Waals surface area contributed by atoms with Crippen LogP contribution in [-0.4, -0.2) is 43.7 Å². The van der Waals surface area contributed by atoms with Crippen LogP contribution in [0.1, 0.15) is 116 Å². The van der Waals surface area contributed by atoms with Gasteiger partial charge in [0.25, 0.3) is 0 Å². The molecule has 0 spiro atoms. The van der Waals surface area contributed by atoms with Gasteiger partial charge in [0.1, 0.15) is 5.75 Å². The van der Waals surface area contributed by atoms with Gasteiger partial charge >= 0.3 is 5.97 Å². The van der Waals surface area contributed by atoms with Crippen molar-refractivity contribution in [1.82, 2.24) is 4.90 Å². The third-order valence-electron chi connectivity index (χ3n) is 6.85. The zero-order valence-electron chi connectivity index (χ0n) is 23.2. The first-order valence-electron chi connectivity index (χ1n) is 14.1. The summed E-state index contributed by atoms with van der Waals surface area (Å²) in [5.74, 6) is 0.896. The van der Waals surface area contributed by atoms with Gasteiger partial charge in [0.15, 0.2) is 0 Å². The van der Waals surface area contributed by atoms with Gasteiger partial charge in [-0.25, -0.2) is 0 Å². The van der Waals surface area contributed by atoms with Crippen LogP contribution in [0.25, 0.3) is 0 Å². The van der Waals surface area contributed by atoms with Crippen molar-refractivity contribution in [1.29, 1.82) is 0 Å². The molecule has 0 aliphatic carbocycles. The maximum absolute atomic E-state index is 11.3. The summed E-state index contributed by atoms with van der Waals surface area (Å²) >= 11 is 0. The fourth-order valence-electron chi connectivity index (χ4n) is 4.68. The minimum atomic E-state index is -0.0375. The molecule has 1 rings (SSSR count). The first kappa shape index (κ1) is 33.7. The lowest BCUT2D eigenvalue weighted by Gasteiger charge is -2.28. The Kier molecular flexibility index (Phi) is 22.3. The number of carbonyl (C=O) groups is 1. The molecule has 1 atom stereocenters. The summed E-state index contributed by atoms with van der Waals surface area (Å²) in [5.41, 5.74) is 1.39. The van der Waals surface area contributed by atoms with E-state index in [9.17, 15) is 4.79 Å². The normalized spacial score (nSPS) is 11.8. The SMILES string of the molecule is CCOC(=O)CCCCCCCCCCCCCCCN(CC)C(C)Cc1ccc(OC)cc1.Cl. The van der Waals surface area contributed by atoms with E-state index in [1.807, 2.05) is 6.92 Å². The van der Waals surface area contributed by atoms with Gasteiger partial charge in [0, 0.05) is 12.5 Å². The standard InChI is InChI=1S/C30H53NO3.ClH/c1-5-31(27(3)26-28-21-23-29(33-4)24-22-28)25-19-17-15-13-11-9-7-8-10-12-14-16-18-20-30(32)34-6-2;/h21-24,27H,5-20,25-26H2,1-4H3;1H. The van der Waals surface area contributed by atoms with Crippen LogP contribution in [0.4, 0.5) is 0 Å². The third-order valence-corrected chi connectivity index (χ3v) is 6.85. The number of methoxy groups -OCH3 is 1. The maximum Gasteiger partial charge on any atom is 0.305 e. The Morgan fingerprint density at radius 1 is 0.800 bits per heavy atom. The lowest BCUT2D eigenvalue weighted by molar-refractivity contribution is -0.143. The molecule has 0 amide bonds. The van der Waals surface area contributed by atoms with Crippen LogP contribution in [0.15, 0.2) is 24.3 Å². The van der Waals surface area contributed by atoms with E-state index in [0.29, 0.717) is 19.1 Å². The number of esters is 1. The number of nitrogens with zero attached hydrogens (tertiary/aromatic N) is 1. The first-order chi connectivity index (χ1) is 16.6. The van der Waals surface area contributed by atoms with Crippen LogP contribution >= 0.6 is 12.4 Å². The predicted molar refractivity (Wildman–Crippen MR) is 152 cm³/mol. The maximum atomic E-state index is 11.3. The Morgan fingerprint density at radius 3 is 1.74 bits per heavy atom. The first-order valence-corrected chi connectivity index (χ1v) is 14.1. The van der Waals surface area contributed by atoms with Crippen LogP contribution < -0.4 is 4.74 Å². The second-order valence-electron chi connectivity index (χ2n) is 9.68. The number of likely N-dealkylation sites (N-methyl/N-ethyl adjacent to an activating group) is 1. The monoisotopic (exact) mass is 511 g/mol. The molecule has 0 bridgehead atoms. The molecule has 0 N–H and O–H groups in total. The molecule has 0 radical (unpaired) electrons. The highest BCUT2D eigenvalue weighted by atomic mass is 35.5. The molecule has 0 saturated heterocycles. The minimum Gasteiger partial charge on any atom is -0.497 e. The predicted octanol–water partition coefficient (Wildman–Crippen LogP) is 8.39. The van der Waals surface area contributed by atoms with Gasteiger partial charge < -0.3 is 14.4 Å². The lowest BCUT2D eigenvalue weighted by Crippen LogP contribution is -2.35.